The number of benzene rings is 1. The number of halogens is 1. The monoisotopic (exact) mass is 402 g/mol. The molecule has 0 saturated heterocycles. The molecule has 2 rings (SSSR count). The number of H-pyrrole nitrogens is 1. The minimum Gasteiger partial charge on any atom is -0.364 e. The van der Waals surface area contributed by atoms with Crippen molar-refractivity contribution in [1.82, 2.24) is 9.29 Å². The maximum atomic E-state index is 12.8. The number of amides is 2. The molecule has 0 radical (unpaired) electrons. The highest BCUT2D eigenvalue weighted by molar-refractivity contribution is 9.10. The van der Waals surface area contributed by atoms with Crippen LogP contribution in [0.1, 0.15) is 16.9 Å². The van der Waals surface area contributed by atoms with Gasteiger partial charge in [0.25, 0.3) is 15.9 Å². The number of carbonyl (C=O) groups is 2. The summed E-state index contributed by atoms with van der Waals surface area (Å²) in [7, 11) is -3.14. The highest BCUT2D eigenvalue weighted by atomic mass is 79.9. The van der Waals surface area contributed by atoms with Crippen LogP contribution in [-0.4, -0.2) is 43.1 Å². The number of hydrogen-bond donors (Lipinski definition) is 3. The first-order chi connectivity index (χ1) is 10.7. The van der Waals surface area contributed by atoms with Crippen molar-refractivity contribution in [2.45, 2.75) is 11.3 Å². The molecule has 2 amide bonds. The van der Waals surface area contributed by atoms with E-state index in [0.717, 1.165) is 7.05 Å². The van der Waals surface area contributed by atoms with Crippen molar-refractivity contribution in [1.29, 1.82) is 0 Å². The fraction of sp³-hybridized carbons (Fsp3) is 0.231. The molecular weight excluding hydrogens is 388 g/mol. The molecule has 1 heterocycles. The van der Waals surface area contributed by atoms with Crippen LogP contribution in [0.15, 0.2) is 27.6 Å². The zero-order valence-corrected chi connectivity index (χ0v) is 14.6. The molecule has 0 saturated carbocycles. The summed E-state index contributed by atoms with van der Waals surface area (Å²) in [6.07, 6.45) is -0.131. The fourth-order valence-electron chi connectivity index (χ4n) is 2.13. The van der Waals surface area contributed by atoms with Gasteiger partial charge in [0, 0.05) is 35.4 Å². The van der Waals surface area contributed by atoms with Crippen molar-refractivity contribution in [3.05, 3.63) is 28.4 Å². The van der Waals surface area contributed by atoms with Gasteiger partial charge in [0.1, 0.15) is 10.6 Å². The highest BCUT2D eigenvalue weighted by Crippen LogP contribution is 2.31. The Morgan fingerprint density at radius 1 is 1.35 bits per heavy atom. The summed E-state index contributed by atoms with van der Waals surface area (Å²) in [6.45, 7) is 0.0147. The number of aromatic nitrogens is 1. The van der Waals surface area contributed by atoms with Gasteiger partial charge < -0.3 is 16.5 Å². The Balaban J connectivity index is 2.74. The molecule has 10 heteroatoms. The van der Waals surface area contributed by atoms with Crippen LogP contribution < -0.4 is 11.5 Å². The lowest BCUT2D eigenvalue weighted by Gasteiger charge is -2.17. The number of hydrogen-bond acceptors (Lipinski definition) is 5. The fourth-order valence-corrected chi connectivity index (χ4v) is 3.98. The first-order valence-electron chi connectivity index (χ1n) is 6.53. The molecule has 8 nitrogen and oxygen atoms in total. The molecule has 1 aromatic heterocycles. The number of carbonyl (C=O) groups excluding carboxylic acids is 2. The second-order valence-corrected chi connectivity index (χ2v) is 7.61. The molecule has 0 aliphatic carbocycles. The van der Waals surface area contributed by atoms with Crippen molar-refractivity contribution in [2.24, 2.45) is 11.5 Å². The number of nitrogens with two attached hydrogens (primary N) is 2. The zero-order valence-electron chi connectivity index (χ0n) is 12.2. The van der Waals surface area contributed by atoms with Crippen LogP contribution in [0.5, 0.6) is 0 Å². The van der Waals surface area contributed by atoms with Gasteiger partial charge in [-0.25, -0.2) is 12.7 Å². The number of aromatic amines is 1. The molecule has 23 heavy (non-hydrogen) atoms. The maximum Gasteiger partial charge on any atom is 0.269 e. The second kappa shape index (κ2) is 6.30. The number of primary amides is 1. The second-order valence-electron chi connectivity index (χ2n) is 4.79. The van der Waals surface area contributed by atoms with Crippen LogP contribution in [0.3, 0.4) is 0 Å². The SMILES string of the molecule is CN(C(=O)CCN)S(=O)(=O)c1c(C(N)=O)[nH]c2ccc(Br)cc12. The average molecular weight is 403 g/mol. The number of fused-ring (bicyclic) bond motifs is 1. The van der Waals surface area contributed by atoms with Crippen LogP contribution >= 0.6 is 15.9 Å². The Kier molecular flexibility index (Phi) is 4.78. The predicted molar refractivity (Wildman–Crippen MR) is 88.1 cm³/mol. The summed E-state index contributed by atoms with van der Waals surface area (Å²) in [5, 5.41) is 0.264. The lowest BCUT2D eigenvalue weighted by Crippen LogP contribution is -2.35. The number of sulfonamides is 1. The third kappa shape index (κ3) is 3.09. The van der Waals surface area contributed by atoms with Crippen molar-refractivity contribution < 1.29 is 18.0 Å². The van der Waals surface area contributed by atoms with E-state index in [2.05, 4.69) is 20.9 Å². The van der Waals surface area contributed by atoms with Crippen molar-refractivity contribution >= 4 is 48.7 Å². The Bertz CT molecular complexity index is 891. The van der Waals surface area contributed by atoms with Crippen LogP contribution in [0, 0.1) is 0 Å². The first kappa shape index (κ1) is 17.4. The van der Waals surface area contributed by atoms with Crippen molar-refractivity contribution in [3.8, 4) is 0 Å². The van der Waals surface area contributed by atoms with E-state index < -0.39 is 21.8 Å². The van der Waals surface area contributed by atoms with E-state index in [-0.39, 0.29) is 28.9 Å². The van der Waals surface area contributed by atoms with E-state index in [1.807, 2.05) is 0 Å². The quantitative estimate of drug-likeness (QED) is 0.668. The summed E-state index contributed by atoms with van der Waals surface area (Å²) < 4.78 is 26.8. The average Bonchev–Trinajstić information content (AvgIpc) is 2.86. The number of nitrogens with zero attached hydrogens (tertiary/aromatic N) is 1. The minimum absolute atomic E-state index is 0.0147. The highest BCUT2D eigenvalue weighted by Gasteiger charge is 2.32. The Morgan fingerprint density at radius 2 is 2.00 bits per heavy atom. The minimum atomic E-state index is -4.26. The van der Waals surface area contributed by atoms with Gasteiger partial charge in [-0.05, 0) is 18.2 Å². The van der Waals surface area contributed by atoms with Gasteiger partial charge >= 0.3 is 0 Å². The molecule has 1 aromatic carbocycles. The van der Waals surface area contributed by atoms with Gasteiger partial charge in [-0.3, -0.25) is 9.59 Å². The first-order valence-corrected chi connectivity index (χ1v) is 8.76. The zero-order chi connectivity index (χ0) is 17.4. The van der Waals surface area contributed by atoms with E-state index in [9.17, 15) is 18.0 Å². The van der Waals surface area contributed by atoms with Crippen molar-refractivity contribution in [2.75, 3.05) is 13.6 Å². The van der Waals surface area contributed by atoms with Gasteiger partial charge in [-0.1, -0.05) is 15.9 Å². The standard InChI is InChI=1S/C13H15BrN4O4S/c1-18(10(19)4-5-15)23(21,22)12-8-6-7(14)2-3-9(8)17-11(12)13(16)20/h2-3,6,17H,4-5,15H2,1H3,(H2,16,20). The number of nitrogens with one attached hydrogen (secondary N) is 1. The van der Waals surface area contributed by atoms with Crippen LogP contribution in [0.2, 0.25) is 0 Å². The molecule has 0 aliphatic rings. The van der Waals surface area contributed by atoms with Gasteiger partial charge in [-0.15, -0.1) is 0 Å². The number of rotatable bonds is 5. The molecule has 124 valence electrons. The molecular formula is C13H15BrN4O4S. The Labute approximate surface area is 141 Å². The van der Waals surface area contributed by atoms with Crippen LogP contribution in [0.25, 0.3) is 10.9 Å². The lowest BCUT2D eigenvalue weighted by atomic mass is 10.2. The molecule has 0 aliphatic heterocycles. The predicted octanol–water partition coefficient (Wildman–Crippen LogP) is 0.525. The maximum absolute atomic E-state index is 12.8. The molecule has 2 aromatic rings. The summed E-state index contributed by atoms with van der Waals surface area (Å²) >= 11 is 3.25. The van der Waals surface area contributed by atoms with Gasteiger partial charge in [0.15, 0.2) is 0 Å². The molecule has 0 atom stereocenters. The molecule has 0 fully saturated rings. The third-order valence-electron chi connectivity index (χ3n) is 3.29. The van der Waals surface area contributed by atoms with E-state index in [1.54, 1.807) is 12.1 Å². The van der Waals surface area contributed by atoms with Gasteiger partial charge in [0.2, 0.25) is 5.91 Å². The van der Waals surface area contributed by atoms with E-state index in [0.29, 0.717) is 14.3 Å². The summed E-state index contributed by atoms with van der Waals surface area (Å²) in [5.74, 6) is -1.61. The molecule has 0 spiro atoms. The largest absolute Gasteiger partial charge is 0.364 e. The van der Waals surface area contributed by atoms with E-state index in [1.165, 1.54) is 6.07 Å². The van der Waals surface area contributed by atoms with Crippen LogP contribution in [0.4, 0.5) is 0 Å². The molecule has 0 bridgehead atoms. The summed E-state index contributed by atoms with van der Waals surface area (Å²) in [4.78, 5) is 25.9. The normalized spacial score (nSPS) is 11.6. The topological polar surface area (TPSA) is 139 Å². The molecule has 0 unspecified atom stereocenters. The van der Waals surface area contributed by atoms with Gasteiger partial charge in [-0.2, -0.15) is 0 Å². The Morgan fingerprint density at radius 3 is 2.57 bits per heavy atom. The van der Waals surface area contributed by atoms with E-state index in [4.69, 9.17) is 11.5 Å². The summed E-state index contributed by atoms with van der Waals surface area (Å²) in [6, 6.07) is 4.82. The lowest BCUT2D eigenvalue weighted by molar-refractivity contribution is -0.125. The molecule has 5 N–H and O–H groups in total. The van der Waals surface area contributed by atoms with Gasteiger partial charge in [0.05, 0.1) is 0 Å². The van der Waals surface area contributed by atoms with Crippen molar-refractivity contribution in [3.63, 3.8) is 0 Å². The Hall–Kier alpha value is -1.91. The third-order valence-corrected chi connectivity index (χ3v) is 5.65. The summed E-state index contributed by atoms with van der Waals surface area (Å²) in [5.41, 5.74) is 10.7. The smallest absolute Gasteiger partial charge is 0.269 e. The van der Waals surface area contributed by atoms with E-state index >= 15 is 0 Å². The van der Waals surface area contributed by atoms with Crippen LogP contribution in [-0.2, 0) is 14.8 Å².